The van der Waals surface area contributed by atoms with E-state index in [-0.39, 0.29) is 0 Å². The second kappa shape index (κ2) is 4.46. The molecule has 7 heteroatoms. The molecule has 0 bridgehead atoms. The first-order valence-corrected chi connectivity index (χ1v) is 3.97. The van der Waals surface area contributed by atoms with E-state index in [1.54, 1.807) is 0 Å². The fourth-order valence-corrected chi connectivity index (χ4v) is 1.01. The van der Waals surface area contributed by atoms with Crippen molar-refractivity contribution in [1.82, 2.24) is 0 Å². The third-order valence-electron chi connectivity index (χ3n) is 1.61. The molecule has 0 saturated carbocycles. The standard InChI is InChI=1S/C9H5F5O2/c10-8(11)16-6-4-2-1-3-5(6)7(15)9(12,13)14/h1-4,8H. The number of rotatable bonds is 3. The quantitative estimate of drug-likeness (QED) is 0.599. The second-order valence-corrected chi connectivity index (χ2v) is 2.70. The minimum Gasteiger partial charge on any atom is -0.434 e. The van der Waals surface area contributed by atoms with Crippen LogP contribution in [0.25, 0.3) is 0 Å². The van der Waals surface area contributed by atoms with E-state index in [0.29, 0.717) is 0 Å². The van der Waals surface area contributed by atoms with Crippen molar-refractivity contribution in [1.29, 1.82) is 0 Å². The van der Waals surface area contributed by atoms with Gasteiger partial charge in [-0.25, -0.2) is 0 Å². The molecule has 0 spiro atoms. The highest BCUT2D eigenvalue weighted by Gasteiger charge is 2.40. The number of halogens is 5. The third kappa shape index (κ3) is 2.91. The van der Waals surface area contributed by atoms with E-state index in [4.69, 9.17) is 0 Å². The normalized spacial score (nSPS) is 11.6. The number of carbonyl (C=O) groups is 1. The van der Waals surface area contributed by atoms with Crippen LogP contribution in [-0.4, -0.2) is 18.6 Å². The average molecular weight is 240 g/mol. The lowest BCUT2D eigenvalue weighted by atomic mass is 10.1. The van der Waals surface area contributed by atoms with Gasteiger partial charge in [-0.3, -0.25) is 4.79 Å². The van der Waals surface area contributed by atoms with Gasteiger partial charge in [0.25, 0.3) is 5.78 Å². The Bertz CT molecular complexity index is 386. The van der Waals surface area contributed by atoms with E-state index in [1.165, 1.54) is 6.07 Å². The number of hydrogen-bond donors (Lipinski definition) is 0. The Morgan fingerprint density at radius 1 is 1.19 bits per heavy atom. The Morgan fingerprint density at radius 2 is 1.75 bits per heavy atom. The van der Waals surface area contributed by atoms with E-state index < -0.39 is 29.9 Å². The van der Waals surface area contributed by atoms with Gasteiger partial charge in [0.05, 0.1) is 5.56 Å². The lowest BCUT2D eigenvalue weighted by Crippen LogP contribution is -2.23. The lowest BCUT2D eigenvalue weighted by molar-refractivity contribution is -0.0896. The van der Waals surface area contributed by atoms with Crippen molar-refractivity contribution < 1.29 is 31.5 Å². The number of ether oxygens (including phenoxy) is 1. The van der Waals surface area contributed by atoms with Crippen LogP contribution in [0, 0.1) is 0 Å². The zero-order valence-corrected chi connectivity index (χ0v) is 7.59. The predicted octanol–water partition coefficient (Wildman–Crippen LogP) is 3.03. The molecule has 0 aliphatic rings. The van der Waals surface area contributed by atoms with Gasteiger partial charge in [-0.05, 0) is 12.1 Å². The number of para-hydroxylation sites is 1. The van der Waals surface area contributed by atoms with Crippen LogP contribution in [0.3, 0.4) is 0 Å². The Hall–Kier alpha value is -1.66. The van der Waals surface area contributed by atoms with Crippen LogP contribution in [0.2, 0.25) is 0 Å². The number of benzene rings is 1. The number of carbonyl (C=O) groups excluding carboxylic acids is 1. The molecular formula is C9H5F5O2. The molecule has 0 aromatic heterocycles. The first kappa shape index (κ1) is 12.4. The molecule has 0 heterocycles. The van der Waals surface area contributed by atoms with Gasteiger partial charge in [0.1, 0.15) is 5.75 Å². The highest BCUT2D eigenvalue weighted by molar-refractivity contribution is 6.02. The van der Waals surface area contributed by atoms with Crippen molar-refractivity contribution in [3.05, 3.63) is 29.8 Å². The summed E-state index contributed by atoms with van der Waals surface area (Å²) in [6.45, 7) is -3.29. The molecule has 0 aliphatic heterocycles. The van der Waals surface area contributed by atoms with Gasteiger partial charge >= 0.3 is 12.8 Å². The van der Waals surface area contributed by atoms with Crippen LogP contribution in [0.1, 0.15) is 10.4 Å². The Balaban J connectivity index is 3.09. The third-order valence-corrected chi connectivity index (χ3v) is 1.61. The zero-order valence-electron chi connectivity index (χ0n) is 7.59. The molecule has 88 valence electrons. The number of alkyl halides is 5. The topological polar surface area (TPSA) is 26.3 Å². The summed E-state index contributed by atoms with van der Waals surface area (Å²) >= 11 is 0. The van der Waals surface area contributed by atoms with Gasteiger partial charge in [0, 0.05) is 0 Å². The SMILES string of the molecule is O=C(c1ccccc1OC(F)F)C(F)(F)F. The van der Waals surface area contributed by atoms with Crippen LogP contribution in [0.15, 0.2) is 24.3 Å². The first-order valence-electron chi connectivity index (χ1n) is 3.97. The molecule has 0 N–H and O–H groups in total. The van der Waals surface area contributed by atoms with Crippen LogP contribution < -0.4 is 4.74 Å². The fourth-order valence-electron chi connectivity index (χ4n) is 1.01. The number of ketones is 1. The molecule has 0 fully saturated rings. The Kier molecular flexibility index (Phi) is 3.46. The van der Waals surface area contributed by atoms with Crippen molar-refractivity contribution in [2.75, 3.05) is 0 Å². The van der Waals surface area contributed by atoms with Crippen molar-refractivity contribution in [2.24, 2.45) is 0 Å². The molecule has 0 amide bonds. The van der Waals surface area contributed by atoms with Gasteiger partial charge in [0.2, 0.25) is 0 Å². The summed E-state index contributed by atoms with van der Waals surface area (Å²) < 4.78 is 63.7. The summed E-state index contributed by atoms with van der Waals surface area (Å²) in [6, 6.07) is 3.95. The molecule has 0 aliphatic carbocycles. The van der Waals surface area contributed by atoms with Crippen LogP contribution in [0.4, 0.5) is 22.0 Å². The van der Waals surface area contributed by atoms with Crippen molar-refractivity contribution in [3.8, 4) is 5.75 Å². The smallest absolute Gasteiger partial charge is 0.434 e. The molecule has 0 saturated heterocycles. The summed E-state index contributed by atoms with van der Waals surface area (Å²) in [5.41, 5.74) is -0.935. The summed E-state index contributed by atoms with van der Waals surface area (Å²) in [6.07, 6.45) is -5.12. The summed E-state index contributed by atoms with van der Waals surface area (Å²) in [5, 5.41) is 0. The zero-order chi connectivity index (χ0) is 12.3. The lowest BCUT2D eigenvalue weighted by Gasteiger charge is -2.10. The van der Waals surface area contributed by atoms with Gasteiger partial charge in [-0.1, -0.05) is 12.1 Å². The molecule has 1 rings (SSSR count). The van der Waals surface area contributed by atoms with Crippen molar-refractivity contribution in [2.45, 2.75) is 12.8 Å². The molecule has 1 aromatic rings. The first-order chi connectivity index (χ1) is 7.32. The molecule has 0 unspecified atom stereocenters. The van der Waals surface area contributed by atoms with Gasteiger partial charge in [0.15, 0.2) is 0 Å². The number of Topliss-reactive ketones (excluding diaryl/α,β-unsaturated/α-hetero) is 1. The van der Waals surface area contributed by atoms with Gasteiger partial charge < -0.3 is 4.74 Å². The molecule has 16 heavy (non-hydrogen) atoms. The Morgan fingerprint density at radius 3 is 2.25 bits per heavy atom. The number of hydrogen-bond acceptors (Lipinski definition) is 2. The molecule has 1 aromatic carbocycles. The maximum Gasteiger partial charge on any atom is 0.455 e. The van der Waals surface area contributed by atoms with Gasteiger partial charge in [-0.15, -0.1) is 0 Å². The Labute approximate surface area is 86.6 Å². The van der Waals surface area contributed by atoms with E-state index in [1.807, 2.05) is 0 Å². The minimum absolute atomic E-state index is 0.771. The van der Waals surface area contributed by atoms with E-state index in [2.05, 4.69) is 4.74 Å². The highest BCUT2D eigenvalue weighted by Crippen LogP contribution is 2.28. The van der Waals surface area contributed by atoms with Crippen molar-refractivity contribution >= 4 is 5.78 Å². The monoisotopic (exact) mass is 240 g/mol. The maximum absolute atomic E-state index is 12.1. The predicted molar refractivity (Wildman–Crippen MR) is 43.5 cm³/mol. The second-order valence-electron chi connectivity index (χ2n) is 2.70. The molecular weight excluding hydrogens is 235 g/mol. The van der Waals surface area contributed by atoms with Crippen molar-refractivity contribution in [3.63, 3.8) is 0 Å². The maximum atomic E-state index is 12.1. The largest absolute Gasteiger partial charge is 0.455 e. The van der Waals surface area contributed by atoms with E-state index in [0.717, 1.165) is 18.2 Å². The van der Waals surface area contributed by atoms with Crippen LogP contribution >= 0.6 is 0 Å². The minimum atomic E-state index is -5.12. The summed E-state index contributed by atoms with van der Waals surface area (Å²) in [4.78, 5) is 10.8. The summed E-state index contributed by atoms with van der Waals surface area (Å²) in [7, 11) is 0. The molecule has 0 atom stereocenters. The molecule has 2 nitrogen and oxygen atoms in total. The fraction of sp³-hybridized carbons (Fsp3) is 0.222. The van der Waals surface area contributed by atoms with E-state index in [9.17, 15) is 26.7 Å². The highest BCUT2D eigenvalue weighted by atomic mass is 19.4. The van der Waals surface area contributed by atoms with Crippen LogP contribution in [0.5, 0.6) is 5.75 Å². The average Bonchev–Trinajstić information content (AvgIpc) is 2.15. The summed E-state index contributed by atoms with van der Waals surface area (Å²) in [5.74, 6) is -3.01. The van der Waals surface area contributed by atoms with E-state index >= 15 is 0 Å². The van der Waals surface area contributed by atoms with Crippen LogP contribution in [-0.2, 0) is 0 Å². The molecule has 0 radical (unpaired) electrons. The van der Waals surface area contributed by atoms with Gasteiger partial charge in [-0.2, -0.15) is 22.0 Å².